The maximum atomic E-state index is 10.9. The molecule has 0 atom stereocenters. The SMILES string of the molecule is C=C=Nc1c(C(C)C)cc(C(C)C)c(N=C=O)c1C(C)C.Cc1cccc(C(C)C)c1N=C=Nc1c(C(C)C)cccc1C(C)C. The van der Waals surface area contributed by atoms with Gasteiger partial charge in [0.2, 0.25) is 6.08 Å². The number of nitrogens with zero attached hydrogens (tertiary/aromatic N) is 4. The fourth-order valence-corrected chi connectivity index (χ4v) is 5.59. The first-order chi connectivity index (χ1) is 21.7. The summed E-state index contributed by atoms with van der Waals surface area (Å²) in [6, 6.07) is 17.9. The monoisotopic (exact) mass is 618 g/mol. The average molecular weight is 619 g/mol. The number of hydrogen-bond acceptors (Lipinski definition) is 5. The Kier molecular flexibility index (Phi) is 14.5. The first-order valence-corrected chi connectivity index (χ1v) is 16.6. The number of benzene rings is 3. The molecule has 244 valence electrons. The summed E-state index contributed by atoms with van der Waals surface area (Å²) in [5, 5.41) is 0. The van der Waals surface area contributed by atoms with Gasteiger partial charge in [0.05, 0.1) is 22.7 Å². The van der Waals surface area contributed by atoms with Gasteiger partial charge in [-0.1, -0.05) is 126 Å². The van der Waals surface area contributed by atoms with Crippen molar-refractivity contribution < 1.29 is 4.79 Å². The van der Waals surface area contributed by atoms with Gasteiger partial charge in [-0.3, -0.25) is 0 Å². The minimum absolute atomic E-state index is 0.195. The van der Waals surface area contributed by atoms with Crippen LogP contribution in [0.5, 0.6) is 0 Å². The molecule has 3 aromatic carbocycles. The van der Waals surface area contributed by atoms with Crippen molar-refractivity contribution in [3.63, 3.8) is 0 Å². The molecule has 0 saturated carbocycles. The Morgan fingerprint density at radius 3 is 1.35 bits per heavy atom. The molecule has 3 rings (SSSR count). The lowest BCUT2D eigenvalue weighted by molar-refractivity contribution is 0.565. The fourth-order valence-electron chi connectivity index (χ4n) is 5.59. The van der Waals surface area contributed by atoms with Gasteiger partial charge in [-0.2, -0.15) is 15.0 Å². The normalized spacial score (nSPS) is 10.9. The van der Waals surface area contributed by atoms with Gasteiger partial charge in [-0.05, 0) is 88.3 Å². The number of carbonyl (C=O) groups excluding carboxylic acids is 1. The summed E-state index contributed by atoms with van der Waals surface area (Å²) >= 11 is 0. The largest absolute Gasteiger partial charge is 0.240 e. The summed E-state index contributed by atoms with van der Waals surface area (Å²) in [6.45, 7) is 31.5. The van der Waals surface area contributed by atoms with E-state index in [0.29, 0.717) is 29.4 Å². The average Bonchev–Trinajstić information content (AvgIpc) is 2.97. The Morgan fingerprint density at radius 1 is 0.522 bits per heavy atom. The van der Waals surface area contributed by atoms with Gasteiger partial charge in [0.1, 0.15) is 6.01 Å². The third-order valence-corrected chi connectivity index (χ3v) is 8.09. The molecule has 5 heteroatoms. The number of hydrogen-bond donors (Lipinski definition) is 0. The molecule has 0 aliphatic rings. The maximum absolute atomic E-state index is 10.9. The predicted octanol–water partition coefficient (Wildman–Crippen LogP) is 13.0. The third-order valence-electron chi connectivity index (χ3n) is 8.09. The molecule has 0 heterocycles. The van der Waals surface area contributed by atoms with Crippen LogP contribution < -0.4 is 0 Å². The van der Waals surface area contributed by atoms with E-state index in [1.54, 1.807) is 6.08 Å². The molecular formula is C41H54N4O. The molecule has 0 unspecified atom stereocenters. The van der Waals surface area contributed by atoms with Gasteiger partial charge < -0.3 is 0 Å². The highest BCUT2D eigenvalue weighted by atomic mass is 16.1. The zero-order valence-electron chi connectivity index (χ0n) is 30.4. The summed E-state index contributed by atoms with van der Waals surface area (Å²) in [5.74, 6) is 4.68. The summed E-state index contributed by atoms with van der Waals surface area (Å²) in [7, 11) is 0. The van der Waals surface area contributed by atoms with Crippen molar-refractivity contribution in [1.29, 1.82) is 0 Å². The number of para-hydroxylation sites is 2. The lowest BCUT2D eigenvalue weighted by Gasteiger charge is -2.22. The number of isocyanates is 1. The molecule has 0 saturated heterocycles. The Morgan fingerprint density at radius 2 is 0.935 bits per heavy atom. The van der Waals surface area contributed by atoms with Crippen LogP contribution in [0.25, 0.3) is 0 Å². The van der Waals surface area contributed by atoms with Crippen molar-refractivity contribution in [2.75, 3.05) is 0 Å². The van der Waals surface area contributed by atoms with Gasteiger partial charge in [0, 0.05) is 5.56 Å². The zero-order valence-corrected chi connectivity index (χ0v) is 30.4. The first kappa shape index (κ1) is 38.1. The molecule has 0 amide bonds. The van der Waals surface area contributed by atoms with Gasteiger partial charge in [-0.25, -0.2) is 9.79 Å². The quantitative estimate of drug-likeness (QED) is 0.165. The van der Waals surface area contributed by atoms with E-state index >= 15 is 0 Å². The number of rotatable bonds is 10. The topological polar surface area (TPSA) is 66.5 Å². The van der Waals surface area contributed by atoms with E-state index in [2.05, 4.69) is 171 Å². The molecule has 3 aromatic rings. The first-order valence-electron chi connectivity index (χ1n) is 16.6. The van der Waals surface area contributed by atoms with Crippen molar-refractivity contribution >= 4 is 40.7 Å². The molecule has 0 fully saturated rings. The van der Waals surface area contributed by atoms with Crippen LogP contribution in [-0.2, 0) is 4.79 Å². The minimum Gasteiger partial charge on any atom is -0.211 e. The second-order valence-electron chi connectivity index (χ2n) is 13.7. The molecular weight excluding hydrogens is 564 g/mol. The molecule has 0 aliphatic carbocycles. The standard InChI is InChI=1S/C23H30N2.C18H24N2O/c1-15(2)19-11-8-10-18(7)22(19)24-14-25-23-20(16(3)4)12-9-13-21(23)17(5)6;1-8-19-17-14(11(2)3)9-15(12(4)5)18(20-10-21)16(17)13(6)7/h8-13,15-17H,1-7H3;9,11-13H,1H2,2-7H3. The second kappa shape index (κ2) is 17.5. The van der Waals surface area contributed by atoms with Crippen LogP contribution in [0.3, 0.4) is 0 Å². The van der Waals surface area contributed by atoms with Crippen LogP contribution in [0.2, 0.25) is 0 Å². The van der Waals surface area contributed by atoms with Crippen LogP contribution in [0.1, 0.15) is 158 Å². The van der Waals surface area contributed by atoms with Crippen molar-refractivity contribution in [2.24, 2.45) is 20.0 Å². The van der Waals surface area contributed by atoms with E-state index in [1.165, 1.54) is 16.7 Å². The van der Waals surface area contributed by atoms with Crippen molar-refractivity contribution in [2.45, 2.75) is 126 Å². The number of aliphatic imine (C=N–C) groups is 4. The summed E-state index contributed by atoms with van der Waals surface area (Å²) < 4.78 is 0. The smallest absolute Gasteiger partial charge is 0.211 e. The van der Waals surface area contributed by atoms with Gasteiger partial charge in [-0.15, -0.1) is 0 Å². The summed E-state index contributed by atoms with van der Waals surface area (Å²) in [4.78, 5) is 28.5. The van der Waals surface area contributed by atoms with Crippen LogP contribution in [0.4, 0.5) is 22.7 Å². The predicted molar refractivity (Wildman–Crippen MR) is 198 cm³/mol. The summed E-state index contributed by atoms with van der Waals surface area (Å²) in [6.07, 6.45) is 1.69. The van der Waals surface area contributed by atoms with Crippen LogP contribution in [-0.4, -0.2) is 18.0 Å². The van der Waals surface area contributed by atoms with E-state index in [0.717, 1.165) is 39.3 Å². The maximum Gasteiger partial charge on any atom is 0.240 e. The minimum atomic E-state index is 0.195. The lowest BCUT2D eigenvalue weighted by atomic mass is 9.85. The van der Waals surface area contributed by atoms with Crippen LogP contribution in [0.15, 0.2) is 69.0 Å². The molecule has 0 aromatic heterocycles. The van der Waals surface area contributed by atoms with E-state index < -0.39 is 0 Å². The second-order valence-corrected chi connectivity index (χ2v) is 13.7. The van der Waals surface area contributed by atoms with Crippen LogP contribution in [0, 0.1) is 6.92 Å². The van der Waals surface area contributed by atoms with Gasteiger partial charge in [0.15, 0.2) is 0 Å². The lowest BCUT2D eigenvalue weighted by Crippen LogP contribution is -2.01. The fraction of sp³-hybridized carbons (Fsp3) is 0.463. The van der Waals surface area contributed by atoms with E-state index in [1.807, 2.05) is 0 Å². The van der Waals surface area contributed by atoms with E-state index in [-0.39, 0.29) is 11.8 Å². The van der Waals surface area contributed by atoms with E-state index in [9.17, 15) is 4.79 Å². The van der Waals surface area contributed by atoms with Crippen molar-refractivity contribution in [1.82, 2.24) is 0 Å². The Labute approximate surface area is 278 Å². The zero-order chi connectivity index (χ0) is 34.7. The highest BCUT2D eigenvalue weighted by Gasteiger charge is 2.23. The van der Waals surface area contributed by atoms with Crippen molar-refractivity contribution in [3.05, 3.63) is 88.0 Å². The summed E-state index contributed by atoms with van der Waals surface area (Å²) in [5.41, 5.74) is 11.7. The highest BCUT2D eigenvalue weighted by Crippen LogP contribution is 2.45. The molecule has 5 nitrogen and oxygen atoms in total. The Bertz CT molecular complexity index is 1580. The van der Waals surface area contributed by atoms with Gasteiger partial charge in [0.25, 0.3) is 0 Å². The van der Waals surface area contributed by atoms with E-state index in [4.69, 9.17) is 0 Å². The Hall–Kier alpha value is -4.13. The Balaban J connectivity index is 0.000000326. The molecule has 0 bridgehead atoms. The molecule has 0 radical (unpaired) electrons. The number of aryl methyl sites for hydroxylation is 1. The molecule has 46 heavy (non-hydrogen) atoms. The van der Waals surface area contributed by atoms with Crippen molar-refractivity contribution in [3.8, 4) is 0 Å². The van der Waals surface area contributed by atoms with Gasteiger partial charge >= 0.3 is 0 Å². The highest BCUT2D eigenvalue weighted by molar-refractivity contribution is 5.75. The third kappa shape index (κ3) is 9.44. The van der Waals surface area contributed by atoms with Crippen LogP contribution >= 0.6 is 0 Å². The molecule has 0 spiro atoms. The molecule has 0 N–H and O–H groups in total. The molecule has 0 aliphatic heterocycles.